The topological polar surface area (TPSA) is 85.9 Å². The average molecular weight is 244 g/mol. The Bertz CT molecular complexity index is 627. The van der Waals surface area contributed by atoms with E-state index in [0.29, 0.717) is 5.52 Å². The van der Waals surface area contributed by atoms with Gasteiger partial charge in [0.05, 0.1) is 11.7 Å². The van der Waals surface area contributed by atoms with Crippen LogP contribution in [0.4, 0.5) is 0 Å². The van der Waals surface area contributed by atoms with Gasteiger partial charge in [0.1, 0.15) is 15.6 Å². The minimum Gasteiger partial charge on any atom is -0.250 e. The highest BCUT2D eigenvalue weighted by Crippen LogP contribution is 2.19. The van der Waals surface area contributed by atoms with Crippen LogP contribution in [-0.4, -0.2) is 18.4 Å². The number of rotatable bonds is 1. The summed E-state index contributed by atoms with van der Waals surface area (Å²) in [5.74, 6) is 0. The van der Waals surface area contributed by atoms with Crippen molar-refractivity contribution in [3.63, 3.8) is 0 Å². The molecular weight excluding hydrogens is 238 g/mol. The molecule has 0 saturated carbocycles. The molecule has 0 aliphatic rings. The van der Waals surface area contributed by atoms with Crippen LogP contribution in [0, 0.1) is 0 Å². The third-order valence-electron chi connectivity index (χ3n) is 1.81. The van der Waals surface area contributed by atoms with Gasteiger partial charge >= 0.3 is 0 Å². The molecule has 1 aromatic carbocycles. The molecule has 2 rings (SSSR count). The van der Waals surface area contributed by atoms with E-state index in [2.05, 4.69) is 9.97 Å². The van der Waals surface area contributed by atoms with Gasteiger partial charge in [0, 0.05) is 0 Å². The van der Waals surface area contributed by atoms with E-state index in [0.717, 1.165) is 0 Å². The van der Waals surface area contributed by atoms with Crippen molar-refractivity contribution in [2.75, 3.05) is 0 Å². The summed E-state index contributed by atoms with van der Waals surface area (Å²) < 4.78 is 22.4. The maximum atomic E-state index is 11.2. The molecule has 0 amide bonds. The van der Waals surface area contributed by atoms with E-state index in [-0.39, 0.29) is 15.6 Å². The number of hydrogen-bond acceptors (Lipinski definition) is 4. The van der Waals surface area contributed by atoms with E-state index >= 15 is 0 Å². The zero-order chi connectivity index (χ0) is 11.1. The Kier molecular flexibility index (Phi) is 2.34. The summed E-state index contributed by atoms with van der Waals surface area (Å²) in [6.07, 6.45) is 1.28. The number of fused-ring (bicyclic) bond motifs is 1. The van der Waals surface area contributed by atoms with Gasteiger partial charge in [0.25, 0.3) is 0 Å². The van der Waals surface area contributed by atoms with Gasteiger partial charge in [-0.1, -0.05) is 17.7 Å². The van der Waals surface area contributed by atoms with Crippen LogP contribution in [0.15, 0.2) is 29.3 Å². The van der Waals surface area contributed by atoms with Gasteiger partial charge < -0.3 is 0 Å². The second-order valence-corrected chi connectivity index (χ2v) is 4.78. The highest BCUT2D eigenvalue weighted by molar-refractivity contribution is 7.89. The lowest BCUT2D eigenvalue weighted by Gasteiger charge is -2.02. The molecule has 1 heterocycles. The number of nitrogens with zero attached hydrogens (tertiary/aromatic N) is 2. The lowest BCUT2D eigenvalue weighted by Crippen LogP contribution is -2.13. The lowest BCUT2D eigenvalue weighted by molar-refractivity contribution is 0.598. The monoisotopic (exact) mass is 243 g/mol. The fourth-order valence-electron chi connectivity index (χ4n) is 1.22. The maximum Gasteiger partial charge on any atom is 0.240 e. The summed E-state index contributed by atoms with van der Waals surface area (Å²) in [5, 5.41) is 5.24. The smallest absolute Gasteiger partial charge is 0.240 e. The van der Waals surface area contributed by atoms with E-state index in [4.69, 9.17) is 16.7 Å². The van der Waals surface area contributed by atoms with Crippen molar-refractivity contribution in [3.8, 4) is 0 Å². The molecule has 0 fully saturated rings. The molecule has 1 aromatic heterocycles. The SMILES string of the molecule is NS(=O)(=O)c1cccc2nc(Cl)cnc12. The number of aromatic nitrogens is 2. The molecule has 5 nitrogen and oxygen atoms in total. The maximum absolute atomic E-state index is 11.2. The molecule has 0 aliphatic carbocycles. The molecule has 0 radical (unpaired) electrons. The molecule has 0 spiro atoms. The number of hydrogen-bond donors (Lipinski definition) is 1. The predicted octanol–water partition coefficient (Wildman–Crippen LogP) is 0.931. The summed E-state index contributed by atoms with van der Waals surface area (Å²) in [7, 11) is -3.79. The van der Waals surface area contributed by atoms with Gasteiger partial charge in [-0.05, 0) is 12.1 Å². The number of para-hydroxylation sites is 1. The van der Waals surface area contributed by atoms with E-state index in [1.165, 1.54) is 18.3 Å². The normalized spacial score (nSPS) is 11.9. The van der Waals surface area contributed by atoms with Crippen molar-refractivity contribution in [2.24, 2.45) is 5.14 Å². The zero-order valence-corrected chi connectivity index (χ0v) is 8.96. The summed E-state index contributed by atoms with van der Waals surface area (Å²) in [5.41, 5.74) is 0.624. The number of halogens is 1. The van der Waals surface area contributed by atoms with Crippen molar-refractivity contribution in [1.29, 1.82) is 0 Å². The van der Waals surface area contributed by atoms with Crippen molar-refractivity contribution in [1.82, 2.24) is 9.97 Å². The van der Waals surface area contributed by atoms with Gasteiger partial charge in [0.15, 0.2) is 0 Å². The van der Waals surface area contributed by atoms with Crippen LogP contribution < -0.4 is 5.14 Å². The molecule has 7 heteroatoms. The highest BCUT2D eigenvalue weighted by Gasteiger charge is 2.13. The fourth-order valence-corrected chi connectivity index (χ4v) is 2.06. The van der Waals surface area contributed by atoms with Gasteiger partial charge in [-0.2, -0.15) is 0 Å². The van der Waals surface area contributed by atoms with Crippen LogP contribution in [0.1, 0.15) is 0 Å². The minimum atomic E-state index is -3.79. The van der Waals surface area contributed by atoms with Crippen molar-refractivity contribution >= 4 is 32.7 Å². The molecule has 2 N–H and O–H groups in total. The first kappa shape index (κ1) is 10.3. The molecule has 2 aromatic rings. The molecule has 0 unspecified atom stereocenters. The Morgan fingerprint density at radius 2 is 2.07 bits per heavy atom. The number of primary sulfonamides is 1. The number of benzene rings is 1. The third kappa shape index (κ3) is 1.92. The third-order valence-corrected chi connectivity index (χ3v) is 2.94. The van der Waals surface area contributed by atoms with Gasteiger partial charge in [-0.15, -0.1) is 0 Å². The van der Waals surface area contributed by atoms with E-state index < -0.39 is 10.0 Å². The first-order chi connectivity index (χ1) is 6.98. The van der Waals surface area contributed by atoms with E-state index in [1.54, 1.807) is 6.07 Å². The summed E-state index contributed by atoms with van der Waals surface area (Å²) in [6.45, 7) is 0. The summed E-state index contributed by atoms with van der Waals surface area (Å²) in [6, 6.07) is 4.52. The molecule has 0 bridgehead atoms. The van der Waals surface area contributed by atoms with Crippen LogP contribution in [-0.2, 0) is 10.0 Å². The van der Waals surface area contributed by atoms with E-state index in [9.17, 15) is 8.42 Å². The standard InChI is InChI=1S/C8H6ClN3O2S/c9-7-4-11-8-5(12-7)2-1-3-6(8)15(10,13)14/h1-4H,(H2,10,13,14). The Labute approximate surface area is 91.0 Å². The lowest BCUT2D eigenvalue weighted by atomic mass is 10.3. The molecule has 0 atom stereocenters. The summed E-state index contributed by atoms with van der Waals surface area (Å²) in [4.78, 5) is 7.77. The minimum absolute atomic E-state index is 0.0517. The van der Waals surface area contributed by atoms with Gasteiger partial charge in [-0.25, -0.2) is 23.5 Å². The van der Waals surface area contributed by atoms with Crippen molar-refractivity contribution in [3.05, 3.63) is 29.5 Å². The van der Waals surface area contributed by atoms with Gasteiger partial charge in [0.2, 0.25) is 10.0 Å². The van der Waals surface area contributed by atoms with Gasteiger partial charge in [-0.3, -0.25) is 0 Å². The Hall–Kier alpha value is -1.24. The first-order valence-corrected chi connectivity index (χ1v) is 5.85. The molecule has 78 valence electrons. The highest BCUT2D eigenvalue weighted by atomic mass is 35.5. The fraction of sp³-hybridized carbons (Fsp3) is 0. The molecule has 0 aliphatic heterocycles. The van der Waals surface area contributed by atoms with Crippen LogP contribution >= 0.6 is 11.6 Å². The number of nitrogens with two attached hydrogens (primary N) is 1. The second-order valence-electron chi connectivity index (χ2n) is 2.86. The Balaban J connectivity index is 2.89. The first-order valence-electron chi connectivity index (χ1n) is 3.92. The largest absolute Gasteiger partial charge is 0.250 e. The van der Waals surface area contributed by atoms with Crippen LogP contribution in [0.3, 0.4) is 0 Å². The molecule has 0 saturated heterocycles. The molecular formula is C8H6ClN3O2S. The van der Waals surface area contributed by atoms with Crippen molar-refractivity contribution < 1.29 is 8.42 Å². The second kappa shape index (κ2) is 3.41. The predicted molar refractivity (Wildman–Crippen MR) is 55.9 cm³/mol. The Morgan fingerprint density at radius 1 is 1.33 bits per heavy atom. The quantitative estimate of drug-likeness (QED) is 0.807. The van der Waals surface area contributed by atoms with Crippen LogP contribution in [0.25, 0.3) is 11.0 Å². The number of sulfonamides is 1. The summed E-state index contributed by atoms with van der Waals surface area (Å²) >= 11 is 5.63. The van der Waals surface area contributed by atoms with Crippen molar-refractivity contribution in [2.45, 2.75) is 4.90 Å². The molecule has 15 heavy (non-hydrogen) atoms. The van der Waals surface area contributed by atoms with Crippen LogP contribution in [0.5, 0.6) is 0 Å². The van der Waals surface area contributed by atoms with Crippen LogP contribution in [0.2, 0.25) is 5.15 Å². The Morgan fingerprint density at radius 3 is 2.73 bits per heavy atom. The average Bonchev–Trinajstić information content (AvgIpc) is 2.15. The van der Waals surface area contributed by atoms with E-state index in [1.807, 2.05) is 0 Å². The zero-order valence-electron chi connectivity index (χ0n) is 7.38.